The summed E-state index contributed by atoms with van der Waals surface area (Å²) in [6.07, 6.45) is 54.6. The lowest BCUT2D eigenvalue weighted by Gasteiger charge is -2.33. The predicted molar refractivity (Wildman–Crippen MR) is 391 cm³/mol. The van der Waals surface area contributed by atoms with Crippen LogP contribution in [-0.4, -0.2) is 199 Å². The summed E-state index contributed by atoms with van der Waals surface area (Å²) < 4.78 is 0. The lowest BCUT2D eigenvalue weighted by atomic mass is 9.80. The van der Waals surface area contributed by atoms with E-state index in [1.807, 2.05) is 51.0 Å². The topological polar surface area (TPSA) is 219 Å². The third-order valence-corrected chi connectivity index (χ3v) is 19.2. The van der Waals surface area contributed by atoms with Gasteiger partial charge in [-0.25, -0.2) is 0 Å². The van der Waals surface area contributed by atoms with Gasteiger partial charge in [-0.3, -0.25) is 4.79 Å². The van der Waals surface area contributed by atoms with E-state index in [-0.39, 0.29) is 17.9 Å². The van der Waals surface area contributed by atoms with Crippen molar-refractivity contribution in [2.24, 2.45) is 11.0 Å². The number of unbranched alkanes of at least 4 members (excludes halogenated alkanes) is 22. The number of carbonyl (C=O) groups excluding carboxylic acids is 1. The van der Waals surface area contributed by atoms with Crippen LogP contribution < -0.4 is 5.32 Å². The lowest BCUT2D eigenvalue weighted by molar-refractivity contribution is -0.121. The molecule has 90 heavy (non-hydrogen) atoms. The molecule has 7 N–H and O–H groups in total. The van der Waals surface area contributed by atoms with Crippen LogP contribution in [0, 0.1) is 5.92 Å². The van der Waals surface area contributed by atoms with Gasteiger partial charge in [0.05, 0.1) is 6.04 Å². The first-order valence-electron chi connectivity index (χ1n) is 37.6. The van der Waals surface area contributed by atoms with Crippen LogP contribution in [0.3, 0.4) is 0 Å². The molecule has 0 aromatic rings. The van der Waals surface area contributed by atoms with E-state index in [1.165, 1.54) is 160 Å². The summed E-state index contributed by atoms with van der Waals surface area (Å²) in [5.74, 6) is 0.399. The SMILES string of the molecule is CB(O)N(C)CCCN(CCCCN(CC(CCCCCCNC(=O)CCCCCCCCCC/C=C\CCCCCCCCCC/C=C1\CCCCCCCCCCC1N=[N+]=[N-])CN(CCCCN(CCCN(C)B(C)O)B(C)O)B(C)O)B(C)O)B(C)O. The monoisotopic (exact) mass is 1260 g/mol. The Balaban J connectivity index is 2.36. The van der Waals surface area contributed by atoms with Gasteiger partial charge in [-0.2, -0.15) is 0 Å². The van der Waals surface area contributed by atoms with Gasteiger partial charge in [0, 0.05) is 17.9 Å². The van der Waals surface area contributed by atoms with Crippen molar-refractivity contribution in [1.82, 2.24) is 34.2 Å². The third-order valence-electron chi connectivity index (χ3n) is 19.2. The Kier molecular flexibility index (Phi) is 57.1. The molecule has 1 rings (SSSR count). The van der Waals surface area contributed by atoms with Crippen molar-refractivity contribution in [3.63, 3.8) is 0 Å². The second kappa shape index (κ2) is 59.6. The Morgan fingerprint density at radius 1 is 0.478 bits per heavy atom. The number of hydrogen-bond acceptors (Lipinski definition) is 14. The molecule has 0 aromatic carbocycles. The van der Waals surface area contributed by atoms with Crippen LogP contribution in [0.5, 0.6) is 0 Å². The minimum atomic E-state index is -0.619. The molecule has 1 unspecified atom stereocenters. The molecular formula is C67H140B6N10O7. The number of nitrogens with zero attached hydrogens (tertiary/aromatic N) is 9. The molecule has 1 fully saturated rings. The van der Waals surface area contributed by atoms with E-state index in [1.54, 1.807) is 13.6 Å². The number of allylic oxidation sites excluding steroid dienone is 3. The highest BCUT2D eigenvalue weighted by Crippen LogP contribution is 2.25. The average Bonchev–Trinajstić information content (AvgIpc) is 3.14. The molecule has 1 saturated carbocycles. The summed E-state index contributed by atoms with van der Waals surface area (Å²) in [5, 5.41) is 70.2. The van der Waals surface area contributed by atoms with Crippen LogP contribution in [0.1, 0.15) is 263 Å². The standard InChI is InChI=1S/C67H140B6N10O7/c1-68(85)78(7)54-46-60-80(70(3)87)56-42-44-58-82(72(5)89)62-64(63-83(73(6)90)59-45-43-57-81(71(4)88)61-47-55-79(8)69(2)86)48-36-34-35-41-53-75-67(84)52-40-33-29-23-21-19-17-15-13-11-9-10-12-14-16-18-20-22-26-30-37-49-65-50-38-31-27-24-25-28-32-39-51-66(65)76-77-74/h9,11,49,64,66,85-90H,10,12-48,50-63H2,1-8H3,(H,75,84)/b11-9-,65-49+. The van der Waals surface area contributed by atoms with E-state index in [0.29, 0.717) is 26.1 Å². The van der Waals surface area contributed by atoms with Gasteiger partial charge in [0.1, 0.15) is 0 Å². The van der Waals surface area contributed by atoms with Gasteiger partial charge in [-0.15, -0.1) is 0 Å². The van der Waals surface area contributed by atoms with Crippen LogP contribution in [0.4, 0.5) is 0 Å². The molecule has 1 aliphatic carbocycles. The quantitative estimate of drug-likeness (QED) is 0.00754. The molecule has 17 nitrogen and oxygen atoms in total. The van der Waals surface area contributed by atoms with Gasteiger partial charge in [-0.1, -0.05) is 170 Å². The number of amides is 1. The first-order valence-corrected chi connectivity index (χ1v) is 37.6. The smallest absolute Gasteiger partial charge is 0.376 e. The van der Waals surface area contributed by atoms with E-state index in [4.69, 9.17) is 0 Å². The zero-order valence-corrected chi connectivity index (χ0v) is 59.7. The van der Waals surface area contributed by atoms with Crippen molar-refractivity contribution in [2.45, 2.75) is 310 Å². The third kappa shape index (κ3) is 49.7. The molecule has 0 heterocycles. The minimum absolute atomic E-state index is 0.0776. The first kappa shape index (κ1) is 86.2. The van der Waals surface area contributed by atoms with Gasteiger partial charge >= 0.3 is 42.3 Å². The second-order valence-electron chi connectivity index (χ2n) is 27.5. The largest absolute Gasteiger partial charge is 0.437 e. The predicted octanol–water partition coefficient (Wildman–Crippen LogP) is 13.6. The first-order chi connectivity index (χ1) is 43.5. The second-order valence-corrected chi connectivity index (χ2v) is 27.5. The summed E-state index contributed by atoms with van der Waals surface area (Å²) in [4.78, 5) is 28.2. The highest BCUT2D eigenvalue weighted by molar-refractivity contribution is 6.46. The molecule has 0 aliphatic heterocycles. The molecule has 23 heteroatoms. The van der Waals surface area contributed by atoms with E-state index in [0.717, 1.165) is 155 Å². The van der Waals surface area contributed by atoms with Crippen LogP contribution in [0.15, 0.2) is 28.9 Å². The summed E-state index contributed by atoms with van der Waals surface area (Å²) in [6, 6.07) is 0.0776. The molecule has 0 aromatic heterocycles. The normalized spacial score (nSPS) is 15.0. The molecule has 1 amide bonds. The van der Waals surface area contributed by atoms with Crippen LogP contribution in [-0.2, 0) is 4.79 Å². The molecule has 0 saturated heterocycles. The maximum Gasteiger partial charge on any atom is 0.376 e. The van der Waals surface area contributed by atoms with E-state index in [2.05, 4.69) is 52.8 Å². The zero-order valence-electron chi connectivity index (χ0n) is 59.7. The minimum Gasteiger partial charge on any atom is -0.437 e. The molecular weight excluding hydrogens is 1120 g/mol. The summed E-state index contributed by atoms with van der Waals surface area (Å²) >= 11 is 0. The van der Waals surface area contributed by atoms with Crippen LogP contribution >= 0.6 is 0 Å². The van der Waals surface area contributed by atoms with Crippen molar-refractivity contribution in [3.8, 4) is 0 Å². The van der Waals surface area contributed by atoms with E-state index >= 15 is 0 Å². The Bertz CT molecular complexity index is 1710. The summed E-state index contributed by atoms with van der Waals surface area (Å²) in [6.45, 7) is 18.9. The maximum absolute atomic E-state index is 12.7. The van der Waals surface area contributed by atoms with Gasteiger partial charge in [0.15, 0.2) is 0 Å². The Hall–Kier alpha value is -1.83. The van der Waals surface area contributed by atoms with Gasteiger partial charge in [-0.05, 0) is 248 Å². The fourth-order valence-electron chi connectivity index (χ4n) is 12.8. The van der Waals surface area contributed by atoms with E-state index in [9.17, 15) is 40.5 Å². The number of hydrogen-bond donors (Lipinski definition) is 7. The Labute approximate surface area is 556 Å². The fraction of sp³-hybridized carbons (Fsp3) is 0.925. The average molecular weight is 1260 g/mol. The van der Waals surface area contributed by atoms with Gasteiger partial charge in [0.2, 0.25) is 5.91 Å². The molecule has 1 atom stereocenters. The lowest BCUT2D eigenvalue weighted by Crippen LogP contribution is -2.47. The zero-order chi connectivity index (χ0) is 66.2. The van der Waals surface area contributed by atoms with Crippen LogP contribution in [0.2, 0.25) is 40.9 Å². The number of rotatable bonds is 58. The van der Waals surface area contributed by atoms with Gasteiger partial charge in [0.25, 0.3) is 0 Å². The van der Waals surface area contributed by atoms with E-state index < -0.39 is 42.3 Å². The molecule has 0 radical (unpaired) electrons. The number of azide groups is 1. The molecule has 518 valence electrons. The van der Waals surface area contributed by atoms with Crippen molar-refractivity contribution in [2.75, 3.05) is 86.1 Å². The Morgan fingerprint density at radius 3 is 1.30 bits per heavy atom. The van der Waals surface area contributed by atoms with Crippen LogP contribution in [0.25, 0.3) is 10.4 Å². The van der Waals surface area contributed by atoms with Gasteiger partial charge < -0.3 is 64.3 Å². The molecule has 0 bridgehead atoms. The fourth-order valence-corrected chi connectivity index (χ4v) is 12.8. The summed E-state index contributed by atoms with van der Waals surface area (Å²) in [7, 11) is 0.438. The highest BCUT2D eigenvalue weighted by atomic mass is 16.2. The number of nitrogens with one attached hydrogen (secondary N) is 1. The Morgan fingerprint density at radius 2 is 0.856 bits per heavy atom. The summed E-state index contributed by atoms with van der Waals surface area (Å²) in [5.41, 5.74) is 10.6. The molecule has 1 aliphatic rings. The maximum atomic E-state index is 12.7. The number of carbonyl (C=O) groups is 1. The van der Waals surface area contributed by atoms with Crippen molar-refractivity contribution >= 4 is 48.2 Å². The van der Waals surface area contributed by atoms with Crippen molar-refractivity contribution in [3.05, 3.63) is 34.2 Å². The molecule has 0 spiro atoms. The van der Waals surface area contributed by atoms with Crippen molar-refractivity contribution < 1.29 is 34.9 Å². The van der Waals surface area contributed by atoms with Crippen molar-refractivity contribution in [1.29, 1.82) is 0 Å². The highest BCUT2D eigenvalue weighted by Gasteiger charge is 2.26.